The lowest BCUT2D eigenvalue weighted by atomic mass is 9.98. The number of hydrogen-bond donors (Lipinski definition) is 5. The molecule has 40 heavy (non-hydrogen) atoms. The Balaban J connectivity index is 1.66. The third kappa shape index (κ3) is 8.17. The molecule has 216 valence electrons. The van der Waals surface area contributed by atoms with Gasteiger partial charge in [-0.1, -0.05) is 56.3 Å². The first-order valence-corrected chi connectivity index (χ1v) is 14.7. The van der Waals surface area contributed by atoms with Crippen LogP contribution in [0, 0.1) is 5.92 Å². The Labute approximate surface area is 235 Å². The highest BCUT2D eigenvalue weighted by Crippen LogP contribution is 2.23. The van der Waals surface area contributed by atoms with E-state index in [1.807, 2.05) is 56.3 Å². The number of anilines is 1. The number of rotatable bonds is 14. The summed E-state index contributed by atoms with van der Waals surface area (Å²) in [6.45, 7) is 3.79. The highest BCUT2D eigenvalue weighted by Gasteiger charge is 2.31. The summed E-state index contributed by atoms with van der Waals surface area (Å²) < 4.78 is 28.1. The number of benzene rings is 3. The van der Waals surface area contributed by atoms with Gasteiger partial charge in [0.2, 0.25) is 15.9 Å². The van der Waals surface area contributed by atoms with Crippen LogP contribution in [0.2, 0.25) is 0 Å². The number of sulfonamides is 1. The fraction of sp³-hybridized carbons (Fsp3) is 0.379. The smallest absolute Gasteiger partial charge is 0.405 e. The number of carboxylic acid groups (broad SMARTS) is 1. The fourth-order valence-corrected chi connectivity index (χ4v) is 6.44. The summed E-state index contributed by atoms with van der Waals surface area (Å²) in [7, 11) is -3.90. The Bertz CT molecular complexity index is 1390. The Morgan fingerprint density at radius 3 is 2.33 bits per heavy atom. The van der Waals surface area contributed by atoms with Crippen molar-refractivity contribution in [2.75, 3.05) is 25.4 Å². The van der Waals surface area contributed by atoms with Crippen LogP contribution < -0.4 is 16.4 Å². The van der Waals surface area contributed by atoms with Crippen LogP contribution in [0.25, 0.3) is 10.8 Å². The van der Waals surface area contributed by atoms with Crippen molar-refractivity contribution in [2.45, 2.75) is 50.1 Å². The summed E-state index contributed by atoms with van der Waals surface area (Å²) >= 11 is 0. The van der Waals surface area contributed by atoms with Crippen LogP contribution >= 0.6 is 0 Å². The van der Waals surface area contributed by atoms with E-state index in [9.17, 15) is 28.2 Å². The van der Waals surface area contributed by atoms with E-state index in [0.717, 1.165) is 16.3 Å². The first kappa shape index (κ1) is 30.9. The number of carbonyl (C=O) groups is 2. The fourth-order valence-electron chi connectivity index (χ4n) is 4.63. The number of nitrogens with two attached hydrogens (primary N) is 1. The molecule has 0 saturated heterocycles. The van der Waals surface area contributed by atoms with Gasteiger partial charge in [0.05, 0.1) is 11.5 Å². The maximum Gasteiger partial charge on any atom is 0.405 e. The molecule has 2 atom stereocenters. The van der Waals surface area contributed by atoms with E-state index in [4.69, 9.17) is 5.73 Å². The molecule has 3 aromatic rings. The van der Waals surface area contributed by atoms with Crippen LogP contribution in [-0.2, 0) is 21.2 Å². The van der Waals surface area contributed by atoms with E-state index >= 15 is 0 Å². The number of nitrogen functional groups attached to an aromatic ring is 1. The molecule has 6 N–H and O–H groups in total. The molecule has 3 rings (SSSR count). The van der Waals surface area contributed by atoms with Gasteiger partial charge in [-0.15, -0.1) is 0 Å². The summed E-state index contributed by atoms with van der Waals surface area (Å²) in [5.74, 6) is -0.473. The number of fused-ring (bicyclic) bond motifs is 1. The van der Waals surface area contributed by atoms with Crippen LogP contribution in [-0.4, -0.2) is 66.7 Å². The van der Waals surface area contributed by atoms with Crippen LogP contribution in [0.3, 0.4) is 0 Å². The van der Waals surface area contributed by atoms with Crippen LogP contribution in [0.4, 0.5) is 10.5 Å². The second-order valence-electron chi connectivity index (χ2n) is 10.2. The lowest BCUT2D eigenvalue weighted by molar-refractivity contribution is -0.123. The standard InChI is InChI=1S/C29H38N4O6S/c1-20(2)18-33(40(38,39)25-14-12-23(30)13-15-25)24(19-34)10-6-16-31-28(35)27(32-29(36)37)17-22-9-5-8-21-7-3-4-11-26(21)22/h3-5,7-9,11-15,20,24,27,32,34H,6,10,16-19,30H2,1-2H3,(H,31,35)(H,36,37)/t24-,27-/m0/s1. The number of aliphatic hydroxyl groups excluding tert-OH is 1. The third-order valence-electron chi connectivity index (χ3n) is 6.58. The minimum absolute atomic E-state index is 0.00854. The number of hydrogen-bond acceptors (Lipinski definition) is 6. The molecule has 0 aromatic heterocycles. The molecule has 3 aromatic carbocycles. The Kier molecular flexibility index (Phi) is 10.9. The minimum Gasteiger partial charge on any atom is -0.465 e. The normalized spacial score (nSPS) is 13.3. The monoisotopic (exact) mass is 570 g/mol. The van der Waals surface area contributed by atoms with Gasteiger partial charge < -0.3 is 26.6 Å². The maximum atomic E-state index is 13.4. The number of nitrogens with zero attached hydrogens (tertiary/aromatic N) is 1. The van der Waals surface area contributed by atoms with E-state index < -0.39 is 34.1 Å². The van der Waals surface area contributed by atoms with Gasteiger partial charge in [0.25, 0.3) is 0 Å². The van der Waals surface area contributed by atoms with Crippen molar-refractivity contribution in [1.29, 1.82) is 0 Å². The molecular weight excluding hydrogens is 532 g/mol. The van der Waals surface area contributed by atoms with Crippen LogP contribution in [0.15, 0.2) is 71.6 Å². The van der Waals surface area contributed by atoms with Crippen LogP contribution in [0.5, 0.6) is 0 Å². The predicted molar refractivity (Wildman–Crippen MR) is 155 cm³/mol. The molecule has 0 radical (unpaired) electrons. The van der Waals surface area contributed by atoms with Crippen molar-refractivity contribution in [2.24, 2.45) is 5.92 Å². The third-order valence-corrected chi connectivity index (χ3v) is 8.51. The van der Waals surface area contributed by atoms with Gasteiger partial charge in [0, 0.05) is 31.2 Å². The molecule has 0 aliphatic rings. The quantitative estimate of drug-likeness (QED) is 0.147. The number of amides is 2. The molecular formula is C29H38N4O6S. The van der Waals surface area contributed by atoms with E-state index in [-0.39, 0.29) is 43.4 Å². The molecule has 0 unspecified atom stereocenters. The molecule has 2 amide bonds. The molecule has 11 heteroatoms. The Morgan fingerprint density at radius 2 is 1.68 bits per heavy atom. The topological polar surface area (TPSA) is 162 Å². The molecule has 0 fully saturated rings. The van der Waals surface area contributed by atoms with Crippen molar-refractivity contribution in [3.05, 3.63) is 72.3 Å². The van der Waals surface area contributed by atoms with E-state index in [1.165, 1.54) is 28.6 Å². The second-order valence-corrected chi connectivity index (χ2v) is 12.0. The molecule has 0 aliphatic carbocycles. The maximum absolute atomic E-state index is 13.4. The highest BCUT2D eigenvalue weighted by atomic mass is 32.2. The van der Waals surface area contributed by atoms with E-state index in [1.54, 1.807) is 0 Å². The zero-order valence-corrected chi connectivity index (χ0v) is 23.6. The van der Waals surface area contributed by atoms with Gasteiger partial charge in [0.1, 0.15) is 6.04 Å². The van der Waals surface area contributed by atoms with Crippen molar-refractivity contribution in [3.8, 4) is 0 Å². The molecule has 0 bridgehead atoms. The molecule has 0 heterocycles. The van der Waals surface area contributed by atoms with Crippen LogP contribution in [0.1, 0.15) is 32.3 Å². The molecule has 0 saturated carbocycles. The Morgan fingerprint density at radius 1 is 1.00 bits per heavy atom. The van der Waals surface area contributed by atoms with Gasteiger partial charge in [-0.05, 0) is 59.4 Å². The lowest BCUT2D eigenvalue weighted by Crippen LogP contribution is -2.48. The first-order chi connectivity index (χ1) is 19.0. The number of carbonyl (C=O) groups excluding carboxylic acids is 1. The first-order valence-electron chi connectivity index (χ1n) is 13.2. The predicted octanol–water partition coefficient (Wildman–Crippen LogP) is 3.20. The van der Waals surface area contributed by atoms with Crippen molar-refractivity contribution in [1.82, 2.24) is 14.9 Å². The van der Waals surface area contributed by atoms with Gasteiger partial charge in [-0.2, -0.15) is 4.31 Å². The largest absolute Gasteiger partial charge is 0.465 e. The minimum atomic E-state index is -3.90. The van der Waals surface area contributed by atoms with Gasteiger partial charge in [0.15, 0.2) is 0 Å². The van der Waals surface area contributed by atoms with E-state index in [0.29, 0.717) is 12.1 Å². The molecule has 0 spiro atoms. The summed E-state index contributed by atoms with van der Waals surface area (Å²) in [6.07, 6.45) is -0.478. The Hall–Kier alpha value is -3.67. The van der Waals surface area contributed by atoms with Crippen molar-refractivity contribution < 1.29 is 28.2 Å². The van der Waals surface area contributed by atoms with E-state index in [2.05, 4.69) is 10.6 Å². The van der Waals surface area contributed by atoms with Gasteiger partial charge >= 0.3 is 6.09 Å². The number of aliphatic hydroxyl groups is 1. The summed E-state index contributed by atoms with van der Waals surface area (Å²) in [5.41, 5.74) is 7.00. The molecule has 0 aliphatic heterocycles. The average molecular weight is 571 g/mol. The summed E-state index contributed by atoms with van der Waals surface area (Å²) in [6, 6.07) is 17.6. The molecule has 10 nitrogen and oxygen atoms in total. The highest BCUT2D eigenvalue weighted by molar-refractivity contribution is 7.89. The zero-order chi connectivity index (χ0) is 29.3. The van der Waals surface area contributed by atoms with Crippen molar-refractivity contribution in [3.63, 3.8) is 0 Å². The lowest BCUT2D eigenvalue weighted by Gasteiger charge is -2.31. The SMILES string of the molecule is CC(C)CN([C@H](CO)CCCNC(=O)[C@H](Cc1cccc2ccccc12)NC(=O)O)S(=O)(=O)c1ccc(N)cc1. The summed E-state index contributed by atoms with van der Waals surface area (Å²) in [4.78, 5) is 24.5. The second kappa shape index (κ2) is 14.1. The van der Waals surface area contributed by atoms with Crippen molar-refractivity contribution >= 4 is 38.5 Å². The summed E-state index contributed by atoms with van der Waals surface area (Å²) in [5, 5.41) is 26.4. The van der Waals surface area contributed by atoms with Gasteiger partial charge in [-0.3, -0.25) is 4.79 Å². The zero-order valence-electron chi connectivity index (χ0n) is 22.8. The number of nitrogens with one attached hydrogen (secondary N) is 2. The average Bonchev–Trinajstić information content (AvgIpc) is 2.91. The van der Waals surface area contributed by atoms with Gasteiger partial charge in [-0.25, -0.2) is 13.2 Å².